The number of thiophene rings is 2. The van der Waals surface area contributed by atoms with Gasteiger partial charge < -0.3 is 15.8 Å². The molecule has 26 heavy (non-hydrogen) atoms. The van der Waals surface area contributed by atoms with Gasteiger partial charge in [-0.05, 0) is 29.8 Å². The first-order valence-electron chi connectivity index (χ1n) is 7.33. The molecule has 0 unspecified atom stereocenters. The minimum absolute atomic E-state index is 0.143. The summed E-state index contributed by atoms with van der Waals surface area (Å²) in [6.45, 7) is 1.44. The number of nitrogens with zero attached hydrogens (tertiary/aromatic N) is 1. The molecule has 0 radical (unpaired) electrons. The molecule has 0 saturated heterocycles. The molecule has 10 heteroatoms. The van der Waals surface area contributed by atoms with Crippen LogP contribution in [-0.4, -0.2) is 28.9 Å². The average Bonchev–Trinajstić information content (AvgIpc) is 3.34. The molecule has 0 aliphatic carbocycles. The summed E-state index contributed by atoms with van der Waals surface area (Å²) in [5.41, 5.74) is 6.52. The second kappa shape index (κ2) is 7.77. The minimum atomic E-state index is -1.06. The van der Waals surface area contributed by atoms with Crippen molar-refractivity contribution in [3.63, 3.8) is 0 Å². The van der Waals surface area contributed by atoms with E-state index in [1.165, 1.54) is 35.7 Å². The van der Waals surface area contributed by atoms with Crippen LogP contribution in [0.5, 0.6) is 0 Å². The van der Waals surface area contributed by atoms with Crippen LogP contribution in [-0.2, 0) is 9.53 Å². The molecule has 134 valence electrons. The molecule has 0 aliphatic heterocycles. The molecule has 3 N–H and O–H groups in total. The van der Waals surface area contributed by atoms with Crippen molar-refractivity contribution in [3.05, 3.63) is 44.9 Å². The van der Waals surface area contributed by atoms with Crippen molar-refractivity contribution in [1.82, 2.24) is 4.98 Å². The SMILES string of the molecule is C[C@@H](OC(=O)c1csc(-c2ccsc2)n1)C(=O)Nc1sccc1C(N)=O. The van der Waals surface area contributed by atoms with Crippen LogP contribution in [0.1, 0.15) is 27.8 Å². The van der Waals surface area contributed by atoms with Gasteiger partial charge in [-0.3, -0.25) is 9.59 Å². The van der Waals surface area contributed by atoms with Gasteiger partial charge >= 0.3 is 5.97 Å². The molecule has 0 bridgehead atoms. The maximum atomic E-state index is 12.2. The summed E-state index contributed by atoms with van der Waals surface area (Å²) in [7, 11) is 0. The Bertz CT molecular complexity index is 946. The van der Waals surface area contributed by atoms with Gasteiger partial charge in [-0.2, -0.15) is 11.3 Å². The van der Waals surface area contributed by atoms with Crippen molar-refractivity contribution in [2.24, 2.45) is 5.73 Å². The normalized spacial score (nSPS) is 11.7. The van der Waals surface area contributed by atoms with E-state index in [2.05, 4.69) is 10.3 Å². The number of rotatable bonds is 6. The fourth-order valence-corrected chi connectivity index (χ4v) is 4.27. The quantitative estimate of drug-likeness (QED) is 0.610. The second-order valence-corrected chi connectivity index (χ2v) is 7.67. The number of carbonyl (C=O) groups is 3. The van der Waals surface area contributed by atoms with Gasteiger partial charge in [0, 0.05) is 16.3 Å². The summed E-state index contributed by atoms with van der Waals surface area (Å²) in [6, 6.07) is 3.42. The third kappa shape index (κ3) is 3.98. The van der Waals surface area contributed by atoms with Gasteiger partial charge in [0.2, 0.25) is 0 Å². The van der Waals surface area contributed by atoms with E-state index in [-0.39, 0.29) is 11.3 Å². The Labute approximate surface area is 160 Å². The number of nitrogens with one attached hydrogen (secondary N) is 1. The number of primary amides is 1. The monoisotopic (exact) mass is 407 g/mol. The zero-order valence-electron chi connectivity index (χ0n) is 13.4. The molecule has 0 spiro atoms. The molecule has 0 aliphatic rings. The molecule has 7 nitrogen and oxygen atoms in total. The van der Waals surface area contributed by atoms with E-state index in [9.17, 15) is 14.4 Å². The molecule has 1 atom stereocenters. The highest BCUT2D eigenvalue weighted by molar-refractivity contribution is 7.15. The number of anilines is 1. The maximum absolute atomic E-state index is 12.2. The summed E-state index contributed by atoms with van der Waals surface area (Å²) < 4.78 is 5.16. The zero-order valence-corrected chi connectivity index (χ0v) is 15.9. The third-order valence-corrected chi connectivity index (χ3v) is 5.71. The number of hydrogen-bond acceptors (Lipinski definition) is 8. The van der Waals surface area contributed by atoms with Crippen LogP contribution in [0.25, 0.3) is 10.6 Å². The highest BCUT2D eigenvalue weighted by atomic mass is 32.1. The molecule has 3 rings (SSSR count). The molecule has 0 aromatic carbocycles. The largest absolute Gasteiger partial charge is 0.448 e. The number of hydrogen-bond donors (Lipinski definition) is 2. The first-order chi connectivity index (χ1) is 12.5. The molecule has 3 heterocycles. The van der Waals surface area contributed by atoms with Crippen molar-refractivity contribution in [2.75, 3.05) is 5.32 Å². The Morgan fingerprint density at radius 1 is 1.19 bits per heavy atom. The standard InChI is InChI=1S/C16H13N3O4S3/c1-8(13(21)19-15-10(12(17)20)3-5-25-15)23-16(22)11-7-26-14(18-11)9-2-4-24-6-9/h2-8H,1H3,(H2,17,20)(H,19,21)/t8-/m1/s1. The number of ether oxygens (including phenoxy) is 1. The predicted molar refractivity (Wildman–Crippen MR) is 102 cm³/mol. The van der Waals surface area contributed by atoms with E-state index >= 15 is 0 Å². The van der Waals surface area contributed by atoms with E-state index in [1.807, 2.05) is 16.8 Å². The number of carbonyl (C=O) groups excluding carboxylic acids is 3. The summed E-state index contributed by atoms with van der Waals surface area (Å²) in [4.78, 5) is 39.9. The lowest BCUT2D eigenvalue weighted by atomic mass is 10.3. The first-order valence-corrected chi connectivity index (χ1v) is 10.0. The highest BCUT2D eigenvalue weighted by Crippen LogP contribution is 2.26. The van der Waals surface area contributed by atoms with Gasteiger partial charge in [0.05, 0.1) is 5.56 Å². The maximum Gasteiger partial charge on any atom is 0.358 e. The van der Waals surface area contributed by atoms with Crippen LogP contribution in [0, 0.1) is 0 Å². The van der Waals surface area contributed by atoms with Crippen LogP contribution in [0.15, 0.2) is 33.7 Å². The molecule has 2 amide bonds. The van der Waals surface area contributed by atoms with Crippen LogP contribution in [0.4, 0.5) is 5.00 Å². The number of esters is 1. The topological polar surface area (TPSA) is 111 Å². The predicted octanol–water partition coefficient (Wildman–Crippen LogP) is 3.22. The molecular formula is C16H13N3O4S3. The van der Waals surface area contributed by atoms with Crippen LogP contribution < -0.4 is 11.1 Å². The fraction of sp³-hybridized carbons (Fsp3) is 0.125. The number of thiazole rings is 1. The summed E-state index contributed by atoms with van der Waals surface area (Å²) in [5.74, 6) is -1.89. The average molecular weight is 407 g/mol. The lowest BCUT2D eigenvalue weighted by Gasteiger charge is -2.12. The van der Waals surface area contributed by atoms with E-state index in [4.69, 9.17) is 10.5 Å². The van der Waals surface area contributed by atoms with Crippen LogP contribution in [0.2, 0.25) is 0 Å². The lowest BCUT2D eigenvalue weighted by molar-refractivity contribution is -0.123. The van der Waals surface area contributed by atoms with Gasteiger partial charge in [-0.1, -0.05) is 0 Å². The Balaban J connectivity index is 1.63. The highest BCUT2D eigenvalue weighted by Gasteiger charge is 2.23. The van der Waals surface area contributed by atoms with Gasteiger partial charge in [0.1, 0.15) is 10.0 Å². The molecular weight excluding hydrogens is 394 g/mol. The van der Waals surface area contributed by atoms with E-state index in [0.29, 0.717) is 10.0 Å². The van der Waals surface area contributed by atoms with Crippen molar-refractivity contribution >= 4 is 56.8 Å². The van der Waals surface area contributed by atoms with Gasteiger partial charge in [-0.15, -0.1) is 22.7 Å². The smallest absolute Gasteiger partial charge is 0.358 e. The fourth-order valence-electron chi connectivity index (χ4n) is 1.97. The Kier molecular flexibility index (Phi) is 5.45. The molecule has 0 fully saturated rings. The summed E-state index contributed by atoms with van der Waals surface area (Å²) in [6.07, 6.45) is -1.06. The number of aromatic nitrogens is 1. The lowest BCUT2D eigenvalue weighted by Crippen LogP contribution is -2.30. The van der Waals surface area contributed by atoms with Crippen molar-refractivity contribution in [3.8, 4) is 10.6 Å². The van der Waals surface area contributed by atoms with Gasteiger partial charge in [0.15, 0.2) is 11.8 Å². The van der Waals surface area contributed by atoms with Crippen molar-refractivity contribution in [2.45, 2.75) is 13.0 Å². The molecule has 3 aromatic rings. The van der Waals surface area contributed by atoms with E-state index in [0.717, 1.165) is 16.9 Å². The van der Waals surface area contributed by atoms with Crippen LogP contribution in [0.3, 0.4) is 0 Å². The summed E-state index contributed by atoms with van der Waals surface area (Å²) in [5, 5.41) is 10.6. The first kappa shape index (κ1) is 18.2. The summed E-state index contributed by atoms with van der Waals surface area (Å²) >= 11 is 4.02. The zero-order chi connectivity index (χ0) is 18.7. The third-order valence-electron chi connectivity index (χ3n) is 3.30. The van der Waals surface area contributed by atoms with Gasteiger partial charge in [-0.25, -0.2) is 9.78 Å². The Morgan fingerprint density at radius 2 is 2.00 bits per heavy atom. The second-order valence-electron chi connectivity index (χ2n) is 5.11. The van der Waals surface area contributed by atoms with Crippen molar-refractivity contribution in [1.29, 1.82) is 0 Å². The van der Waals surface area contributed by atoms with Gasteiger partial charge in [0.25, 0.3) is 11.8 Å². The number of amides is 2. The Hall–Kier alpha value is -2.56. The van der Waals surface area contributed by atoms with Crippen LogP contribution >= 0.6 is 34.0 Å². The van der Waals surface area contributed by atoms with E-state index in [1.54, 1.807) is 10.8 Å². The minimum Gasteiger partial charge on any atom is -0.448 e. The Morgan fingerprint density at radius 3 is 2.69 bits per heavy atom. The number of nitrogens with two attached hydrogens (primary N) is 1. The molecule has 0 saturated carbocycles. The molecule has 3 aromatic heterocycles. The van der Waals surface area contributed by atoms with Crippen molar-refractivity contribution < 1.29 is 19.1 Å². The van der Waals surface area contributed by atoms with E-state index < -0.39 is 23.9 Å².